The molecule has 8 nitrogen and oxygen atoms in total. The normalized spacial score (nSPS) is 5.33. The molecular formula is H2N2O6Zn+2. The molecule has 0 radical (unpaired) electrons. The maximum Gasteiger partial charge on any atom is 2.00 e. The molecule has 0 saturated carbocycles. The largest absolute Gasteiger partial charge is 2.00 e. The molecule has 0 aliphatic heterocycles. The van der Waals surface area contributed by atoms with Gasteiger partial charge in [-0.1, -0.05) is 0 Å². The smallest absolute Gasteiger partial charge is 0.328 e. The first-order valence-corrected chi connectivity index (χ1v) is 1.13. The molecule has 0 rings (SSSR count). The average Bonchev–Trinajstić information content (AvgIpc) is 1.25. The van der Waals surface area contributed by atoms with Crippen LogP contribution in [0.2, 0.25) is 0 Å². The standard InChI is InChI=1S/2HNO3.Zn/c2*2-1(3)4;/h2*(H,2,3,4);/q;;+2. The fourth-order valence-electron chi connectivity index (χ4n) is 0. The van der Waals surface area contributed by atoms with Crippen LogP contribution in [0, 0.1) is 20.2 Å². The molecule has 0 fully saturated rings. The van der Waals surface area contributed by atoms with Crippen LogP contribution in [0.1, 0.15) is 0 Å². The molecule has 9 heteroatoms. The van der Waals surface area contributed by atoms with Crippen molar-refractivity contribution in [3.8, 4) is 0 Å². The zero-order chi connectivity index (χ0) is 7.15. The number of hydrogen-bond donors (Lipinski definition) is 2. The number of rotatable bonds is 0. The Balaban J connectivity index is -0.0000000720. The Morgan fingerprint density at radius 3 is 1.00 bits per heavy atom. The van der Waals surface area contributed by atoms with Gasteiger partial charge in [0.2, 0.25) is 0 Å². The summed E-state index contributed by atoms with van der Waals surface area (Å²) in [5.74, 6) is 0. The molecule has 0 aromatic carbocycles. The summed E-state index contributed by atoms with van der Waals surface area (Å²) in [5, 5.41) is 27.3. The Kier molecular flexibility index (Phi) is 17.6. The van der Waals surface area contributed by atoms with Crippen LogP contribution in [-0.4, -0.2) is 20.6 Å². The van der Waals surface area contributed by atoms with Gasteiger partial charge in [-0.25, -0.2) is 0 Å². The molecule has 0 atom stereocenters. The predicted molar refractivity (Wildman–Crippen MR) is 17.6 cm³/mol. The average molecular weight is 191 g/mol. The maximum atomic E-state index is 8.36. The third-order valence-corrected chi connectivity index (χ3v) is 0. The van der Waals surface area contributed by atoms with E-state index in [1.807, 2.05) is 0 Å². The second-order valence-corrected chi connectivity index (χ2v) is 0.476. The van der Waals surface area contributed by atoms with E-state index in [2.05, 4.69) is 0 Å². The SMILES string of the molecule is O=[N+]([O-])O.O=[N+]([O-])O.[Zn+2]. The van der Waals surface area contributed by atoms with Crippen molar-refractivity contribution in [3.05, 3.63) is 20.2 Å². The Morgan fingerprint density at radius 1 is 1.00 bits per heavy atom. The summed E-state index contributed by atoms with van der Waals surface area (Å²) in [6.45, 7) is 0. The van der Waals surface area contributed by atoms with E-state index >= 15 is 0 Å². The van der Waals surface area contributed by atoms with E-state index in [-0.39, 0.29) is 19.5 Å². The van der Waals surface area contributed by atoms with E-state index < -0.39 is 10.2 Å². The minimum atomic E-state index is -1.50. The topological polar surface area (TPSA) is 127 Å². The van der Waals surface area contributed by atoms with Crippen molar-refractivity contribution >= 4 is 0 Å². The summed E-state index contributed by atoms with van der Waals surface area (Å²) in [7, 11) is 0. The van der Waals surface area contributed by atoms with Crippen molar-refractivity contribution in [2.75, 3.05) is 0 Å². The number of nitrogens with zero attached hydrogens (tertiary/aromatic N) is 2. The molecule has 0 saturated heterocycles. The van der Waals surface area contributed by atoms with Gasteiger partial charge in [0.15, 0.2) is 0 Å². The Bertz CT molecular complexity index is 69.1. The van der Waals surface area contributed by atoms with Crippen LogP contribution < -0.4 is 0 Å². The first kappa shape index (κ1) is 15.7. The van der Waals surface area contributed by atoms with Gasteiger partial charge in [-0.2, -0.15) is 0 Å². The van der Waals surface area contributed by atoms with Crippen molar-refractivity contribution in [1.82, 2.24) is 0 Å². The van der Waals surface area contributed by atoms with E-state index in [0.29, 0.717) is 0 Å². The van der Waals surface area contributed by atoms with Crippen LogP contribution in [0.25, 0.3) is 0 Å². The fraction of sp³-hybridized carbons (Fsp3) is 0. The Morgan fingerprint density at radius 2 is 1.00 bits per heavy atom. The number of hydrogen-bond acceptors (Lipinski definition) is 4. The van der Waals surface area contributed by atoms with Gasteiger partial charge < -0.3 is 10.4 Å². The molecule has 0 aromatic rings. The van der Waals surface area contributed by atoms with Crippen LogP contribution in [0.3, 0.4) is 0 Å². The second kappa shape index (κ2) is 10.1. The Labute approximate surface area is 61.1 Å². The van der Waals surface area contributed by atoms with E-state index in [1.54, 1.807) is 0 Å². The predicted octanol–water partition coefficient (Wildman–Crippen LogP) is -0.698. The molecule has 0 spiro atoms. The van der Waals surface area contributed by atoms with Crippen LogP contribution >= 0.6 is 0 Å². The second-order valence-electron chi connectivity index (χ2n) is 0.476. The van der Waals surface area contributed by atoms with E-state index in [0.717, 1.165) is 0 Å². The minimum Gasteiger partial charge on any atom is -0.328 e. The monoisotopic (exact) mass is 190 g/mol. The van der Waals surface area contributed by atoms with Crippen molar-refractivity contribution in [2.45, 2.75) is 0 Å². The quantitative estimate of drug-likeness (QED) is 0.296. The Hall–Kier alpha value is -0.977. The van der Waals surface area contributed by atoms with Crippen LogP contribution in [0.15, 0.2) is 0 Å². The van der Waals surface area contributed by atoms with Crippen LogP contribution in [-0.2, 0) is 19.5 Å². The van der Waals surface area contributed by atoms with Gasteiger partial charge in [0, 0.05) is 0 Å². The summed E-state index contributed by atoms with van der Waals surface area (Å²) in [4.78, 5) is 16.7. The van der Waals surface area contributed by atoms with Crippen LogP contribution in [0.4, 0.5) is 0 Å². The molecule has 0 aliphatic carbocycles. The van der Waals surface area contributed by atoms with Gasteiger partial charge in [-0.05, 0) is 0 Å². The summed E-state index contributed by atoms with van der Waals surface area (Å²) in [6.07, 6.45) is 0. The van der Waals surface area contributed by atoms with Crippen molar-refractivity contribution in [3.63, 3.8) is 0 Å². The van der Waals surface area contributed by atoms with Crippen molar-refractivity contribution in [1.29, 1.82) is 0 Å². The minimum absolute atomic E-state index is 0. The van der Waals surface area contributed by atoms with E-state index in [1.165, 1.54) is 0 Å². The molecule has 0 bridgehead atoms. The maximum absolute atomic E-state index is 8.36. The van der Waals surface area contributed by atoms with Gasteiger partial charge in [-0.15, -0.1) is 20.2 Å². The van der Waals surface area contributed by atoms with Gasteiger partial charge in [-0.3, -0.25) is 0 Å². The summed E-state index contributed by atoms with van der Waals surface area (Å²) in [5.41, 5.74) is 0. The third-order valence-electron chi connectivity index (χ3n) is 0. The van der Waals surface area contributed by atoms with Gasteiger partial charge in [0.1, 0.15) is 0 Å². The molecule has 0 amide bonds. The molecule has 0 unspecified atom stereocenters. The fourth-order valence-corrected chi connectivity index (χ4v) is 0. The van der Waals surface area contributed by atoms with Gasteiger partial charge >= 0.3 is 19.5 Å². The summed E-state index contributed by atoms with van der Waals surface area (Å²) >= 11 is 0. The van der Waals surface area contributed by atoms with Crippen LogP contribution in [0.5, 0.6) is 0 Å². The van der Waals surface area contributed by atoms with Gasteiger partial charge in [0.05, 0.1) is 0 Å². The summed E-state index contributed by atoms with van der Waals surface area (Å²) in [6, 6.07) is 0. The van der Waals surface area contributed by atoms with Crippen molar-refractivity contribution < 1.29 is 40.1 Å². The molecule has 2 N–H and O–H groups in total. The molecule has 0 heterocycles. The van der Waals surface area contributed by atoms with E-state index in [4.69, 9.17) is 30.6 Å². The molecule has 0 aromatic heterocycles. The molecule has 48 valence electrons. The third kappa shape index (κ3) is 186. The zero-order valence-corrected chi connectivity index (χ0v) is 7.10. The summed E-state index contributed by atoms with van der Waals surface area (Å²) < 4.78 is 0. The zero-order valence-electron chi connectivity index (χ0n) is 4.13. The molecular weight excluding hydrogens is 189 g/mol. The van der Waals surface area contributed by atoms with Gasteiger partial charge in [0.25, 0.3) is 10.2 Å². The van der Waals surface area contributed by atoms with E-state index in [9.17, 15) is 0 Å². The molecule has 0 aliphatic rings. The van der Waals surface area contributed by atoms with Crippen molar-refractivity contribution in [2.24, 2.45) is 0 Å². The first-order valence-electron chi connectivity index (χ1n) is 1.13. The first-order chi connectivity index (χ1) is 3.46. The molecule has 9 heavy (non-hydrogen) atoms.